The molecule has 3 rings (SSSR count). The molecule has 1 saturated carbocycles. The van der Waals surface area contributed by atoms with E-state index in [1.165, 1.54) is 19.3 Å². The lowest BCUT2D eigenvalue weighted by atomic mass is 9.63. The first-order valence-corrected chi connectivity index (χ1v) is 6.43. The van der Waals surface area contributed by atoms with E-state index < -0.39 is 0 Å². The largest absolute Gasteiger partial charge is 0.355 e. The van der Waals surface area contributed by atoms with Crippen LogP contribution >= 0.6 is 0 Å². The van der Waals surface area contributed by atoms with Gasteiger partial charge in [-0.2, -0.15) is 5.26 Å². The first-order chi connectivity index (χ1) is 8.31. The Labute approximate surface area is 103 Å². The number of nitrogens with zero attached hydrogens (tertiary/aromatic N) is 3. The first kappa shape index (κ1) is 11.9. The average Bonchev–Trinajstić information content (AvgIpc) is 2.28. The zero-order chi connectivity index (χ0) is 12.3. The molecule has 1 saturated heterocycles. The maximum absolute atomic E-state index is 8.80. The van der Waals surface area contributed by atoms with Crippen molar-refractivity contribution in [2.24, 2.45) is 5.41 Å². The minimum atomic E-state index is 0.615. The molecule has 2 fully saturated rings. The van der Waals surface area contributed by atoms with Crippen LogP contribution in [0.25, 0.3) is 0 Å². The minimum absolute atomic E-state index is 0.615. The Kier molecular flexibility index (Phi) is 3.33. The van der Waals surface area contributed by atoms with Gasteiger partial charge in [-0.25, -0.2) is 4.98 Å². The van der Waals surface area contributed by atoms with Crippen LogP contribution in [-0.2, 0) is 0 Å². The molecule has 0 N–H and O–H groups in total. The lowest BCUT2D eigenvalue weighted by Gasteiger charge is -2.56. The SMILES string of the molecule is CC.N#Cc1ccnc(N2CC3(CCC3)C2)c1. The quantitative estimate of drug-likeness (QED) is 0.743. The van der Waals surface area contributed by atoms with Crippen LogP contribution in [0.4, 0.5) is 5.82 Å². The molecule has 0 radical (unpaired) electrons. The summed E-state index contributed by atoms with van der Waals surface area (Å²) >= 11 is 0. The van der Waals surface area contributed by atoms with Gasteiger partial charge in [0.25, 0.3) is 0 Å². The molecule has 1 aromatic heterocycles. The van der Waals surface area contributed by atoms with Crippen LogP contribution < -0.4 is 4.90 Å². The Hall–Kier alpha value is -1.56. The molecule has 1 aliphatic carbocycles. The van der Waals surface area contributed by atoms with E-state index >= 15 is 0 Å². The maximum Gasteiger partial charge on any atom is 0.129 e. The molecule has 3 nitrogen and oxygen atoms in total. The van der Waals surface area contributed by atoms with E-state index in [-0.39, 0.29) is 0 Å². The summed E-state index contributed by atoms with van der Waals surface area (Å²) in [4.78, 5) is 6.59. The van der Waals surface area contributed by atoms with Crippen molar-refractivity contribution >= 4 is 5.82 Å². The van der Waals surface area contributed by atoms with E-state index in [0.717, 1.165) is 18.9 Å². The molecule has 0 atom stereocenters. The van der Waals surface area contributed by atoms with Gasteiger partial charge in [0.1, 0.15) is 5.82 Å². The standard InChI is InChI=1S/C12H13N3.C2H6/c13-7-10-2-5-14-11(6-10)15-8-12(9-15)3-1-4-12;1-2/h2,5-6H,1,3-4,8-9H2;1-2H3. The summed E-state index contributed by atoms with van der Waals surface area (Å²) in [6.07, 6.45) is 5.86. The number of aromatic nitrogens is 1. The molecule has 17 heavy (non-hydrogen) atoms. The van der Waals surface area contributed by atoms with E-state index in [1.807, 2.05) is 19.9 Å². The highest BCUT2D eigenvalue weighted by molar-refractivity contribution is 5.48. The van der Waals surface area contributed by atoms with Gasteiger partial charge in [0, 0.05) is 24.7 Å². The molecule has 3 heteroatoms. The first-order valence-electron chi connectivity index (χ1n) is 6.43. The fraction of sp³-hybridized carbons (Fsp3) is 0.571. The Balaban J connectivity index is 0.000000514. The van der Waals surface area contributed by atoms with Gasteiger partial charge in [-0.1, -0.05) is 20.3 Å². The van der Waals surface area contributed by atoms with Gasteiger partial charge >= 0.3 is 0 Å². The van der Waals surface area contributed by atoms with Gasteiger partial charge in [0.2, 0.25) is 0 Å². The van der Waals surface area contributed by atoms with Gasteiger partial charge in [0.05, 0.1) is 11.6 Å². The van der Waals surface area contributed by atoms with Crippen LogP contribution in [0.3, 0.4) is 0 Å². The van der Waals surface area contributed by atoms with Crippen LogP contribution in [0, 0.1) is 16.7 Å². The predicted molar refractivity (Wildman–Crippen MR) is 68.8 cm³/mol. The molecule has 2 aliphatic rings. The molecule has 0 amide bonds. The normalized spacial score (nSPS) is 19.5. The van der Waals surface area contributed by atoms with Gasteiger partial charge in [-0.05, 0) is 25.0 Å². The van der Waals surface area contributed by atoms with Crippen molar-refractivity contribution in [3.05, 3.63) is 23.9 Å². The van der Waals surface area contributed by atoms with Crippen molar-refractivity contribution in [3.63, 3.8) is 0 Å². The Morgan fingerprint density at radius 3 is 2.59 bits per heavy atom. The molecule has 1 spiro atoms. The Morgan fingerprint density at radius 2 is 2.06 bits per heavy atom. The third-order valence-corrected chi connectivity index (χ3v) is 3.67. The number of rotatable bonds is 1. The molecular weight excluding hydrogens is 210 g/mol. The van der Waals surface area contributed by atoms with E-state index in [4.69, 9.17) is 5.26 Å². The molecule has 0 bridgehead atoms. The summed E-state index contributed by atoms with van der Waals surface area (Å²) in [6, 6.07) is 5.79. The molecule has 1 aliphatic heterocycles. The number of hydrogen-bond donors (Lipinski definition) is 0. The van der Waals surface area contributed by atoms with Crippen molar-refractivity contribution in [3.8, 4) is 6.07 Å². The van der Waals surface area contributed by atoms with Crippen LogP contribution in [-0.4, -0.2) is 18.1 Å². The highest BCUT2D eigenvalue weighted by Gasteiger charge is 2.47. The van der Waals surface area contributed by atoms with Crippen molar-refractivity contribution in [1.29, 1.82) is 5.26 Å². The molecule has 0 aromatic carbocycles. The van der Waals surface area contributed by atoms with E-state index in [9.17, 15) is 0 Å². The minimum Gasteiger partial charge on any atom is -0.355 e. The molecule has 0 unspecified atom stereocenters. The number of anilines is 1. The number of pyridine rings is 1. The van der Waals surface area contributed by atoms with Crippen LogP contribution in [0.1, 0.15) is 38.7 Å². The van der Waals surface area contributed by atoms with Gasteiger partial charge in [0.15, 0.2) is 0 Å². The van der Waals surface area contributed by atoms with E-state index in [2.05, 4.69) is 16.0 Å². The summed E-state index contributed by atoms with van der Waals surface area (Å²) in [5.74, 6) is 0.964. The molecular formula is C14H19N3. The molecule has 2 heterocycles. The average molecular weight is 229 g/mol. The van der Waals surface area contributed by atoms with Crippen LogP contribution in [0.15, 0.2) is 18.3 Å². The van der Waals surface area contributed by atoms with E-state index in [0.29, 0.717) is 11.0 Å². The predicted octanol–water partition coefficient (Wildman–Crippen LogP) is 2.97. The monoisotopic (exact) mass is 229 g/mol. The highest BCUT2D eigenvalue weighted by Crippen LogP contribution is 2.49. The second-order valence-electron chi connectivity index (χ2n) is 4.72. The zero-order valence-corrected chi connectivity index (χ0v) is 10.6. The summed E-state index contributed by atoms with van der Waals surface area (Å²) in [5, 5.41) is 8.80. The lowest BCUT2D eigenvalue weighted by molar-refractivity contribution is 0.0896. The van der Waals surface area contributed by atoms with Gasteiger partial charge in [-0.3, -0.25) is 0 Å². The van der Waals surface area contributed by atoms with Crippen molar-refractivity contribution in [2.75, 3.05) is 18.0 Å². The third kappa shape index (κ3) is 2.12. The number of nitriles is 1. The highest BCUT2D eigenvalue weighted by atomic mass is 15.3. The maximum atomic E-state index is 8.80. The number of hydrogen-bond acceptors (Lipinski definition) is 3. The fourth-order valence-electron chi connectivity index (χ4n) is 2.58. The fourth-order valence-corrected chi connectivity index (χ4v) is 2.58. The summed E-state index contributed by atoms with van der Waals surface area (Å²) in [7, 11) is 0. The Morgan fingerprint density at radius 1 is 1.35 bits per heavy atom. The Bertz CT molecular complexity index is 421. The van der Waals surface area contributed by atoms with Crippen molar-refractivity contribution in [2.45, 2.75) is 33.1 Å². The van der Waals surface area contributed by atoms with Crippen molar-refractivity contribution in [1.82, 2.24) is 4.98 Å². The topological polar surface area (TPSA) is 39.9 Å². The van der Waals surface area contributed by atoms with Gasteiger partial charge < -0.3 is 4.90 Å². The third-order valence-electron chi connectivity index (χ3n) is 3.67. The second-order valence-corrected chi connectivity index (χ2v) is 4.72. The van der Waals surface area contributed by atoms with Crippen LogP contribution in [0.5, 0.6) is 0 Å². The molecule has 1 aromatic rings. The lowest BCUT2D eigenvalue weighted by Crippen LogP contribution is -2.60. The van der Waals surface area contributed by atoms with Crippen molar-refractivity contribution < 1.29 is 0 Å². The molecule has 90 valence electrons. The summed E-state index contributed by atoms with van der Waals surface area (Å²) < 4.78 is 0. The van der Waals surface area contributed by atoms with Gasteiger partial charge in [-0.15, -0.1) is 0 Å². The van der Waals surface area contributed by atoms with Crippen LogP contribution in [0.2, 0.25) is 0 Å². The summed E-state index contributed by atoms with van der Waals surface area (Å²) in [5.41, 5.74) is 1.32. The zero-order valence-electron chi connectivity index (χ0n) is 10.6. The second kappa shape index (κ2) is 4.75. The summed E-state index contributed by atoms with van der Waals surface area (Å²) in [6.45, 7) is 6.27. The van der Waals surface area contributed by atoms with E-state index in [1.54, 1.807) is 12.3 Å². The smallest absolute Gasteiger partial charge is 0.129 e.